The van der Waals surface area contributed by atoms with E-state index < -0.39 is 64.2 Å². The molecule has 2 aliphatic heterocycles. The fourth-order valence-corrected chi connectivity index (χ4v) is 4.77. The zero-order valence-corrected chi connectivity index (χ0v) is 22.8. The van der Waals surface area contributed by atoms with Crippen LogP contribution in [-0.2, 0) is 19.1 Å². The monoisotopic (exact) mass is 514 g/mol. The molecule has 0 bridgehead atoms. The number of aliphatic hydroxyl groups is 1. The number of hydrogen-bond donors (Lipinski definition) is 5. The molecule has 1 unspecified atom stereocenters. The van der Waals surface area contributed by atoms with Crippen molar-refractivity contribution in [1.29, 1.82) is 0 Å². The lowest BCUT2D eigenvalue weighted by Gasteiger charge is -2.45. The summed E-state index contributed by atoms with van der Waals surface area (Å²) in [5, 5.41) is 29.0. The lowest BCUT2D eigenvalue weighted by atomic mass is 9.80. The van der Waals surface area contributed by atoms with E-state index in [2.05, 4.69) is 16.0 Å². The highest BCUT2D eigenvalue weighted by atomic mass is 16.6. The topological polar surface area (TPSA) is 167 Å². The second kappa shape index (κ2) is 9.79. The highest BCUT2D eigenvalue weighted by Crippen LogP contribution is 2.41. The maximum absolute atomic E-state index is 14.3. The number of hydrogen-bond acceptors (Lipinski definition) is 9. The van der Waals surface area contributed by atoms with Gasteiger partial charge in [-0.1, -0.05) is 0 Å². The van der Waals surface area contributed by atoms with Crippen LogP contribution in [0.1, 0.15) is 81.6 Å². The second-order valence-electron chi connectivity index (χ2n) is 12.5. The van der Waals surface area contributed by atoms with Crippen molar-refractivity contribution in [3.05, 3.63) is 0 Å². The summed E-state index contributed by atoms with van der Waals surface area (Å²) in [5.74, 6) is -2.29. The van der Waals surface area contributed by atoms with Gasteiger partial charge < -0.3 is 25.0 Å². The van der Waals surface area contributed by atoms with E-state index in [4.69, 9.17) is 9.47 Å². The zero-order valence-electron chi connectivity index (χ0n) is 22.8. The Morgan fingerprint density at radius 1 is 0.944 bits per heavy atom. The number of likely N-dealkylation sites (tertiary alicyclic amines) is 1. The van der Waals surface area contributed by atoms with Crippen LogP contribution in [0.5, 0.6) is 0 Å². The lowest BCUT2D eigenvalue weighted by molar-refractivity contribution is -0.163. The summed E-state index contributed by atoms with van der Waals surface area (Å²) in [5.41, 5.74) is -6.47. The minimum absolute atomic E-state index is 0.0331. The summed E-state index contributed by atoms with van der Waals surface area (Å²) < 4.78 is 10.7. The Morgan fingerprint density at radius 3 is 1.94 bits per heavy atom. The molecule has 12 heteroatoms. The Labute approximate surface area is 212 Å². The van der Waals surface area contributed by atoms with E-state index >= 15 is 0 Å². The molecular weight excluding hydrogens is 472 g/mol. The Balaban J connectivity index is 2.49. The second-order valence-corrected chi connectivity index (χ2v) is 12.5. The highest BCUT2D eigenvalue weighted by molar-refractivity contribution is 6.13. The summed E-state index contributed by atoms with van der Waals surface area (Å²) >= 11 is 0. The van der Waals surface area contributed by atoms with Crippen LogP contribution < -0.4 is 16.0 Å². The SMILES string of the molecule is CC(C)(C)OC(=O)NC1CC[C@](NC(=O)OC(C)(C)C)(C(=O)[C@@]2(C(=O)O)C[C@@H](O)CN2C(C)(C)C)N1. The van der Waals surface area contributed by atoms with E-state index in [0.717, 1.165) is 0 Å². The first-order valence-corrected chi connectivity index (χ1v) is 12.1. The van der Waals surface area contributed by atoms with Gasteiger partial charge in [-0.25, -0.2) is 14.4 Å². The molecule has 0 radical (unpaired) electrons. The van der Waals surface area contributed by atoms with E-state index in [1.54, 1.807) is 62.3 Å². The summed E-state index contributed by atoms with van der Waals surface area (Å²) in [6, 6.07) is 0. The average Bonchev–Trinajstić information content (AvgIpc) is 3.20. The predicted octanol–water partition coefficient (Wildman–Crippen LogP) is 1.70. The van der Waals surface area contributed by atoms with Crippen LogP contribution >= 0.6 is 0 Å². The molecule has 0 aromatic heterocycles. The van der Waals surface area contributed by atoms with Crippen molar-refractivity contribution < 1.29 is 38.9 Å². The van der Waals surface area contributed by atoms with Crippen LogP contribution in [0.4, 0.5) is 9.59 Å². The fourth-order valence-electron chi connectivity index (χ4n) is 4.77. The van der Waals surface area contributed by atoms with Crippen LogP contribution in [0.15, 0.2) is 0 Å². The third-order valence-corrected chi connectivity index (χ3v) is 5.95. The molecule has 36 heavy (non-hydrogen) atoms. The van der Waals surface area contributed by atoms with Crippen molar-refractivity contribution in [2.75, 3.05) is 6.54 Å². The number of aliphatic carboxylic acids is 1. The Morgan fingerprint density at radius 2 is 1.47 bits per heavy atom. The van der Waals surface area contributed by atoms with Crippen molar-refractivity contribution in [1.82, 2.24) is 20.9 Å². The lowest BCUT2D eigenvalue weighted by Crippen LogP contribution is -2.74. The highest BCUT2D eigenvalue weighted by Gasteiger charge is 2.66. The predicted molar refractivity (Wildman–Crippen MR) is 130 cm³/mol. The molecular formula is C24H42N4O8. The van der Waals surface area contributed by atoms with Gasteiger partial charge >= 0.3 is 18.2 Å². The van der Waals surface area contributed by atoms with E-state index in [1.807, 2.05) is 0 Å². The van der Waals surface area contributed by atoms with Crippen LogP contribution in [0.2, 0.25) is 0 Å². The van der Waals surface area contributed by atoms with Crippen molar-refractivity contribution in [2.24, 2.45) is 0 Å². The van der Waals surface area contributed by atoms with Gasteiger partial charge in [-0.3, -0.25) is 20.3 Å². The molecule has 206 valence electrons. The standard InChI is InChI=1S/C24H42N4O8/c1-20(2,3)28-13-14(29)12-23(28,17(31)32)16(30)24(27-19(34)36-22(7,8)9)11-10-15(26-24)25-18(33)35-21(4,5)6/h14-15,26,29H,10-13H2,1-9H3,(H,25,33)(H,27,34)(H,31,32)/t14-,15?,23-,24+/m1/s1. The maximum atomic E-state index is 14.3. The smallest absolute Gasteiger partial charge is 0.409 e. The van der Waals surface area contributed by atoms with Crippen LogP contribution in [0.3, 0.4) is 0 Å². The summed E-state index contributed by atoms with van der Waals surface area (Å²) in [6.45, 7) is 15.3. The average molecular weight is 515 g/mol. The van der Waals surface area contributed by atoms with E-state index in [0.29, 0.717) is 0 Å². The molecule has 2 heterocycles. The van der Waals surface area contributed by atoms with Gasteiger partial charge in [0.25, 0.3) is 0 Å². The zero-order chi connectivity index (χ0) is 27.9. The van der Waals surface area contributed by atoms with Crippen LogP contribution in [0.25, 0.3) is 0 Å². The van der Waals surface area contributed by atoms with E-state index in [9.17, 15) is 29.4 Å². The molecule has 12 nitrogen and oxygen atoms in total. The number of alkyl carbamates (subject to hydrolysis) is 2. The summed E-state index contributed by atoms with van der Waals surface area (Å²) in [4.78, 5) is 53.7. The molecule has 0 aromatic carbocycles. The Kier molecular flexibility index (Phi) is 8.10. The molecule has 2 amide bonds. The first kappa shape index (κ1) is 29.8. The number of ketones is 1. The molecule has 2 rings (SSSR count). The summed E-state index contributed by atoms with van der Waals surface area (Å²) in [6.07, 6.45) is -3.74. The number of amides is 2. The molecule has 5 N–H and O–H groups in total. The number of aliphatic hydroxyl groups excluding tert-OH is 1. The number of carboxylic acids is 1. The minimum Gasteiger partial charge on any atom is -0.480 e. The van der Waals surface area contributed by atoms with Crippen molar-refractivity contribution in [2.45, 2.75) is 122 Å². The number of nitrogens with one attached hydrogen (secondary N) is 3. The number of carbonyl (C=O) groups is 4. The molecule has 2 saturated heterocycles. The Hall–Kier alpha value is -2.44. The van der Waals surface area contributed by atoms with Gasteiger partial charge in [-0.05, 0) is 75.2 Å². The third kappa shape index (κ3) is 6.65. The van der Waals surface area contributed by atoms with Gasteiger partial charge in [0.05, 0.1) is 12.3 Å². The summed E-state index contributed by atoms with van der Waals surface area (Å²) in [7, 11) is 0. The molecule has 4 atom stereocenters. The molecule has 2 fully saturated rings. The minimum atomic E-state index is -2.14. The van der Waals surface area contributed by atoms with Gasteiger partial charge in [0.2, 0.25) is 5.78 Å². The number of carboxylic acid groups (broad SMARTS) is 1. The normalized spacial score (nSPS) is 29.5. The van der Waals surface area contributed by atoms with Crippen LogP contribution in [-0.4, -0.2) is 85.8 Å². The number of β-amino-alcohol motifs (C(OH)–C–C–N with tert-alkyl or cyclic N) is 1. The number of Topliss-reactive ketones (excluding diaryl/α,β-unsaturated/α-hetero) is 1. The fraction of sp³-hybridized carbons (Fsp3) is 0.833. The van der Waals surface area contributed by atoms with E-state index in [-0.39, 0.29) is 25.8 Å². The number of carbonyl (C=O) groups excluding carboxylic acids is 3. The number of ether oxygens (including phenoxy) is 2. The van der Waals surface area contributed by atoms with Crippen molar-refractivity contribution >= 4 is 23.9 Å². The maximum Gasteiger partial charge on any atom is 0.409 e. The molecule has 0 saturated carbocycles. The Bertz CT molecular complexity index is 888. The molecule has 2 aliphatic rings. The third-order valence-electron chi connectivity index (χ3n) is 5.95. The van der Waals surface area contributed by atoms with Gasteiger partial charge in [0.1, 0.15) is 11.2 Å². The largest absolute Gasteiger partial charge is 0.480 e. The molecule has 0 spiro atoms. The van der Waals surface area contributed by atoms with Gasteiger partial charge in [0.15, 0.2) is 11.2 Å². The van der Waals surface area contributed by atoms with Gasteiger partial charge in [0, 0.05) is 18.5 Å². The van der Waals surface area contributed by atoms with E-state index in [1.165, 1.54) is 4.90 Å². The van der Waals surface area contributed by atoms with Crippen molar-refractivity contribution in [3.63, 3.8) is 0 Å². The first-order valence-electron chi connectivity index (χ1n) is 12.1. The van der Waals surface area contributed by atoms with Gasteiger partial charge in [-0.2, -0.15) is 0 Å². The van der Waals surface area contributed by atoms with Crippen LogP contribution in [0, 0.1) is 0 Å². The number of nitrogens with zero attached hydrogens (tertiary/aromatic N) is 1. The first-order chi connectivity index (χ1) is 16.1. The molecule has 0 aromatic rings. The van der Waals surface area contributed by atoms with Gasteiger partial charge in [-0.15, -0.1) is 0 Å². The number of rotatable bonds is 5. The quantitative estimate of drug-likeness (QED) is 0.341. The van der Waals surface area contributed by atoms with Crippen molar-refractivity contribution in [3.8, 4) is 0 Å². The molecule has 0 aliphatic carbocycles.